The minimum Gasteiger partial charge on any atom is -0.507 e. The molecular weight excluding hydrogens is 288 g/mol. The van der Waals surface area contributed by atoms with Crippen LogP contribution in [-0.2, 0) is 10.2 Å². The van der Waals surface area contributed by atoms with E-state index in [2.05, 4.69) is 0 Å². The zero-order valence-electron chi connectivity index (χ0n) is 13.1. The zero-order chi connectivity index (χ0) is 16.4. The van der Waals surface area contributed by atoms with Crippen LogP contribution in [0, 0.1) is 0 Å². The lowest BCUT2D eigenvalue weighted by Gasteiger charge is -2.28. The van der Waals surface area contributed by atoms with Crippen LogP contribution in [0.15, 0.2) is 10.5 Å². The highest BCUT2D eigenvalue weighted by molar-refractivity contribution is 6.10. The molecule has 1 aliphatic rings. The van der Waals surface area contributed by atoms with Crippen LogP contribution in [0.25, 0.3) is 11.0 Å². The van der Waals surface area contributed by atoms with Crippen LogP contribution in [0.4, 0.5) is 0 Å². The van der Waals surface area contributed by atoms with E-state index in [-0.39, 0.29) is 34.0 Å². The topological polar surface area (TPSA) is 89.1 Å². The third kappa shape index (κ3) is 1.98. The monoisotopic (exact) mass is 306 g/mol. The van der Waals surface area contributed by atoms with Gasteiger partial charge >= 0.3 is 11.9 Å². The Kier molecular flexibility index (Phi) is 2.71. The van der Waals surface area contributed by atoms with Gasteiger partial charge in [0.05, 0.1) is 5.39 Å². The summed E-state index contributed by atoms with van der Waals surface area (Å²) in [5.74, 6) is -2.18. The van der Waals surface area contributed by atoms with Crippen molar-refractivity contribution in [2.24, 2.45) is 0 Å². The van der Waals surface area contributed by atoms with Crippen LogP contribution in [0.2, 0.25) is 0 Å². The third-order valence-corrected chi connectivity index (χ3v) is 3.57. The first kappa shape index (κ1) is 14.6. The van der Waals surface area contributed by atoms with E-state index < -0.39 is 17.2 Å². The lowest BCUT2D eigenvalue weighted by atomic mass is 9.85. The molecule has 1 aromatic heterocycles. The molecule has 1 aromatic carbocycles. The van der Waals surface area contributed by atoms with Crippen molar-refractivity contribution in [1.82, 2.24) is 0 Å². The van der Waals surface area contributed by atoms with Crippen LogP contribution in [0.1, 0.15) is 50.5 Å². The van der Waals surface area contributed by atoms with Gasteiger partial charge in [-0.2, -0.15) is 0 Å². The SMILES string of the molecule is CC1(C)OC(=O)c2c(oc3c(O)c(C(C)(C)C)cc(O)c23)O1. The van der Waals surface area contributed by atoms with Crippen molar-refractivity contribution in [1.29, 1.82) is 0 Å². The molecule has 0 fully saturated rings. The van der Waals surface area contributed by atoms with Crippen molar-refractivity contribution >= 4 is 16.9 Å². The molecule has 2 aromatic rings. The van der Waals surface area contributed by atoms with Crippen molar-refractivity contribution in [2.45, 2.75) is 45.8 Å². The summed E-state index contributed by atoms with van der Waals surface area (Å²) >= 11 is 0. The lowest BCUT2D eigenvalue weighted by molar-refractivity contribution is -0.136. The van der Waals surface area contributed by atoms with E-state index in [0.717, 1.165) is 0 Å². The highest BCUT2D eigenvalue weighted by Gasteiger charge is 2.40. The van der Waals surface area contributed by atoms with E-state index in [9.17, 15) is 15.0 Å². The lowest BCUT2D eigenvalue weighted by Crippen LogP contribution is -2.38. The molecule has 0 amide bonds. The second kappa shape index (κ2) is 4.09. The molecule has 0 spiro atoms. The number of esters is 1. The van der Waals surface area contributed by atoms with Gasteiger partial charge in [0.25, 0.3) is 5.79 Å². The number of benzene rings is 1. The molecule has 118 valence electrons. The zero-order valence-corrected chi connectivity index (χ0v) is 13.1. The third-order valence-electron chi connectivity index (χ3n) is 3.57. The summed E-state index contributed by atoms with van der Waals surface area (Å²) in [4.78, 5) is 12.2. The Morgan fingerprint density at radius 3 is 2.36 bits per heavy atom. The number of furan rings is 1. The molecule has 0 atom stereocenters. The van der Waals surface area contributed by atoms with Crippen LogP contribution in [-0.4, -0.2) is 22.0 Å². The molecule has 2 heterocycles. The molecule has 1 aliphatic heterocycles. The van der Waals surface area contributed by atoms with Gasteiger partial charge in [-0.25, -0.2) is 4.79 Å². The average molecular weight is 306 g/mol. The average Bonchev–Trinajstić information content (AvgIpc) is 2.70. The second-order valence-electron chi connectivity index (χ2n) is 6.90. The van der Waals surface area contributed by atoms with Crippen molar-refractivity contribution in [3.8, 4) is 17.4 Å². The van der Waals surface area contributed by atoms with Crippen LogP contribution in [0.5, 0.6) is 17.4 Å². The first-order valence-corrected chi connectivity index (χ1v) is 6.95. The molecule has 0 saturated heterocycles. The number of carbonyl (C=O) groups excluding carboxylic acids is 1. The van der Waals surface area contributed by atoms with Gasteiger partial charge in [-0.05, 0) is 11.5 Å². The second-order valence-corrected chi connectivity index (χ2v) is 6.90. The van der Waals surface area contributed by atoms with E-state index in [4.69, 9.17) is 13.9 Å². The summed E-state index contributed by atoms with van der Waals surface area (Å²) in [7, 11) is 0. The van der Waals surface area contributed by atoms with Gasteiger partial charge in [-0.1, -0.05) is 20.8 Å². The highest BCUT2D eigenvalue weighted by atomic mass is 16.8. The maximum absolute atomic E-state index is 12.2. The van der Waals surface area contributed by atoms with Crippen molar-refractivity contribution < 1.29 is 28.9 Å². The normalized spacial score (nSPS) is 17.0. The van der Waals surface area contributed by atoms with E-state index in [1.807, 2.05) is 20.8 Å². The van der Waals surface area contributed by atoms with Crippen LogP contribution < -0.4 is 4.74 Å². The summed E-state index contributed by atoms with van der Waals surface area (Å²) in [6.45, 7) is 8.82. The predicted octanol–water partition coefficient (Wildman–Crippen LogP) is 3.43. The summed E-state index contributed by atoms with van der Waals surface area (Å²) < 4.78 is 16.1. The molecule has 2 N–H and O–H groups in total. The summed E-state index contributed by atoms with van der Waals surface area (Å²) in [6, 6.07) is 1.43. The maximum Gasteiger partial charge on any atom is 0.349 e. The Hall–Kier alpha value is -2.37. The number of phenolic OH excluding ortho intramolecular Hbond substituents is 2. The molecule has 3 rings (SSSR count). The number of aromatic hydroxyl groups is 2. The van der Waals surface area contributed by atoms with Gasteiger partial charge in [0, 0.05) is 19.4 Å². The van der Waals surface area contributed by atoms with Crippen molar-refractivity contribution in [2.75, 3.05) is 0 Å². The molecule has 22 heavy (non-hydrogen) atoms. The highest BCUT2D eigenvalue weighted by Crippen LogP contribution is 2.48. The number of hydrogen-bond acceptors (Lipinski definition) is 6. The smallest absolute Gasteiger partial charge is 0.349 e. The van der Waals surface area contributed by atoms with E-state index >= 15 is 0 Å². The van der Waals surface area contributed by atoms with Crippen LogP contribution in [0.3, 0.4) is 0 Å². The van der Waals surface area contributed by atoms with Crippen molar-refractivity contribution in [3.63, 3.8) is 0 Å². The van der Waals surface area contributed by atoms with E-state index in [0.29, 0.717) is 5.56 Å². The standard InChI is InChI=1S/C16H18O6/c1-15(2,3)7-6-8(17)9-10-13(19)21-16(4,5)22-14(10)20-12(9)11(7)18/h6,17-18H,1-5H3. The van der Waals surface area contributed by atoms with Gasteiger partial charge in [0.15, 0.2) is 16.9 Å². The van der Waals surface area contributed by atoms with Gasteiger partial charge in [-0.15, -0.1) is 0 Å². The van der Waals surface area contributed by atoms with Crippen LogP contribution >= 0.6 is 0 Å². The fourth-order valence-electron chi connectivity index (χ4n) is 2.57. The molecule has 0 radical (unpaired) electrons. The Bertz CT molecular complexity index is 791. The molecular formula is C16H18O6. The quantitative estimate of drug-likeness (QED) is 0.572. The molecule has 0 unspecified atom stereocenters. The molecule has 0 bridgehead atoms. The maximum atomic E-state index is 12.2. The van der Waals surface area contributed by atoms with Crippen molar-refractivity contribution in [3.05, 3.63) is 17.2 Å². The Morgan fingerprint density at radius 1 is 1.14 bits per heavy atom. The number of phenols is 2. The van der Waals surface area contributed by atoms with Gasteiger partial charge in [0.2, 0.25) is 0 Å². The first-order valence-electron chi connectivity index (χ1n) is 6.95. The Morgan fingerprint density at radius 2 is 1.77 bits per heavy atom. The Labute approximate surface area is 127 Å². The molecule has 0 saturated carbocycles. The summed E-state index contributed by atoms with van der Waals surface area (Å²) in [6.07, 6.45) is 0. The Balaban J connectivity index is 2.36. The number of carbonyl (C=O) groups is 1. The molecule has 6 nitrogen and oxygen atoms in total. The molecule has 6 heteroatoms. The first-order chi connectivity index (χ1) is 10.0. The summed E-state index contributed by atoms with van der Waals surface area (Å²) in [5, 5.41) is 20.9. The van der Waals surface area contributed by atoms with Gasteiger partial charge < -0.3 is 24.1 Å². The fraction of sp³-hybridized carbons (Fsp3) is 0.438. The number of cyclic esters (lactones) is 1. The van der Waals surface area contributed by atoms with Gasteiger partial charge in [-0.3, -0.25) is 0 Å². The minimum atomic E-state index is -1.17. The van der Waals surface area contributed by atoms with E-state index in [1.165, 1.54) is 6.07 Å². The number of rotatable bonds is 0. The number of ether oxygens (including phenoxy) is 2. The number of hydrogen-bond donors (Lipinski definition) is 2. The van der Waals surface area contributed by atoms with E-state index in [1.54, 1.807) is 13.8 Å². The minimum absolute atomic E-state index is 0.0115. The molecule has 0 aliphatic carbocycles. The predicted molar refractivity (Wildman–Crippen MR) is 78.4 cm³/mol. The largest absolute Gasteiger partial charge is 0.507 e. The fourth-order valence-corrected chi connectivity index (χ4v) is 2.57. The number of fused-ring (bicyclic) bond motifs is 3. The summed E-state index contributed by atoms with van der Waals surface area (Å²) in [5.41, 5.74) is 0.104. The van der Waals surface area contributed by atoms with Gasteiger partial charge in [0.1, 0.15) is 5.75 Å².